The van der Waals surface area contributed by atoms with Crippen LogP contribution in [-0.2, 0) is 0 Å². The Balaban J connectivity index is 1.04. The monoisotopic (exact) mass is 805 g/mol. The maximum atomic E-state index is 6.73. The molecule has 296 valence electrons. The molecule has 3 heteroatoms. The number of nitrogens with zero attached hydrogens (tertiary/aromatic N) is 1. The van der Waals surface area contributed by atoms with E-state index in [2.05, 4.69) is 223 Å². The maximum absolute atomic E-state index is 6.73. The average molecular weight is 806 g/mol. The van der Waals surface area contributed by atoms with Crippen LogP contribution in [0.5, 0.6) is 0 Å². The van der Waals surface area contributed by atoms with Crippen molar-refractivity contribution in [1.82, 2.24) is 0 Å². The molecule has 0 saturated heterocycles. The first-order valence-electron chi connectivity index (χ1n) is 21.4. The first-order valence-corrected chi connectivity index (χ1v) is 21.4. The second-order valence-corrected chi connectivity index (χ2v) is 16.0. The number of hydrogen-bond donors (Lipinski definition) is 0. The summed E-state index contributed by atoms with van der Waals surface area (Å²) in [4.78, 5) is 2.35. The van der Waals surface area contributed by atoms with Crippen molar-refractivity contribution in [2.45, 2.75) is 0 Å². The summed E-state index contributed by atoms with van der Waals surface area (Å²) in [5.74, 6) is 0. The molecule has 63 heavy (non-hydrogen) atoms. The predicted molar refractivity (Wildman–Crippen MR) is 263 cm³/mol. The van der Waals surface area contributed by atoms with E-state index < -0.39 is 0 Å². The van der Waals surface area contributed by atoms with Crippen molar-refractivity contribution < 1.29 is 8.83 Å². The summed E-state index contributed by atoms with van der Waals surface area (Å²) in [6.45, 7) is 0. The first kappa shape index (κ1) is 36.5. The Hall–Kier alpha value is -8.40. The van der Waals surface area contributed by atoms with Crippen molar-refractivity contribution in [3.05, 3.63) is 237 Å². The molecule has 3 nitrogen and oxygen atoms in total. The molecule has 12 rings (SSSR count). The van der Waals surface area contributed by atoms with Crippen LogP contribution >= 0.6 is 0 Å². The Morgan fingerprint density at radius 3 is 1.32 bits per heavy atom. The number of anilines is 3. The first-order chi connectivity index (χ1) is 31.2. The molecule has 0 fully saturated rings. The van der Waals surface area contributed by atoms with Crippen molar-refractivity contribution in [2.24, 2.45) is 0 Å². The Morgan fingerprint density at radius 2 is 0.683 bits per heavy atom. The zero-order chi connectivity index (χ0) is 41.7. The van der Waals surface area contributed by atoms with Gasteiger partial charge in [-0.3, -0.25) is 0 Å². The minimum absolute atomic E-state index is 0.874. The highest BCUT2D eigenvalue weighted by atomic mass is 16.3. The van der Waals surface area contributed by atoms with Gasteiger partial charge < -0.3 is 13.7 Å². The van der Waals surface area contributed by atoms with Gasteiger partial charge in [-0.05, 0) is 99.1 Å². The normalized spacial score (nSPS) is 11.5. The molecular weight excluding hydrogens is 767 g/mol. The SMILES string of the molecule is c1ccc(-c2ccc(N(c3ccc(-c4cccc5c4oc4ccccc45)cc3)c3ccc(-c4cccc(-c5ccccc5)c4)c(-c4cccc5c4oc4ccccc45)c3)cc2)cc1. The Bertz CT molecular complexity index is 3600. The Morgan fingerprint density at radius 1 is 0.238 bits per heavy atom. The summed E-state index contributed by atoms with van der Waals surface area (Å²) in [6.07, 6.45) is 0. The van der Waals surface area contributed by atoms with E-state index in [1.807, 2.05) is 18.2 Å². The van der Waals surface area contributed by atoms with Crippen molar-refractivity contribution in [1.29, 1.82) is 0 Å². The average Bonchev–Trinajstić information content (AvgIpc) is 3.94. The minimum atomic E-state index is 0.874. The van der Waals surface area contributed by atoms with E-state index in [-0.39, 0.29) is 0 Å². The number of para-hydroxylation sites is 4. The molecule has 0 aliphatic heterocycles. The third-order valence-electron chi connectivity index (χ3n) is 12.3. The van der Waals surface area contributed by atoms with E-state index >= 15 is 0 Å². The van der Waals surface area contributed by atoms with Gasteiger partial charge in [0.15, 0.2) is 0 Å². The molecule has 0 aliphatic carbocycles. The van der Waals surface area contributed by atoms with Crippen LogP contribution in [0.25, 0.3) is 99.5 Å². The smallest absolute Gasteiger partial charge is 0.143 e. The van der Waals surface area contributed by atoms with Gasteiger partial charge in [0.2, 0.25) is 0 Å². The standard InChI is InChI=1S/C60H39NO2/c1-3-14-40(15-4-1)42-28-32-46(33-29-42)61(47-34-30-43(31-35-47)50-22-12-23-53-51-20-7-9-26-57(51)62-59(50)53)48-36-37-49(45-19-11-18-44(38-45)41-16-5-2-6-17-41)56(39-48)55-25-13-24-54-52-21-8-10-27-58(52)63-60(54)55/h1-39H. The second-order valence-electron chi connectivity index (χ2n) is 16.0. The highest BCUT2D eigenvalue weighted by Gasteiger charge is 2.21. The summed E-state index contributed by atoms with van der Waals surface area (Å²) in [6, 6.07) is 84.1. The molecule has 0 spiro atoms. The summed E-state index contributed by atoms with van der Waals surface area (Å²) >= 11 is 0. The molecule has 10 aromatic carbocycles. The Labute approximate surface area is 365 Å². The van der Waals surface area contributed by atoms with E-state index in [4.69, 9.17) is 8.83 Å². The van der Waals surface area contributed by atoms with Gasteiger partial charge in [-0.1, -0.05) is 182 Å². The second kappa shape index (κ2) is 15.3. The molecule has 0 saturated carbocycles. The number of furan rings is 2. The largest absolute Gasteiger partial charge is 0.455 e. The van der Waals surface area contributed by atoms with Crippen LogP contribution in [0.15, 0.2) is 245 Å². The molecule has 0 amide bonds. The zero-order valence-electron chi connectivity index (χ0n) is 34.3. The molecular formula is C60H39NO2. The predicted octanol–water partition coefficient (Wildman–Crippen LogP) is 17.3. The minimum Gasteiger partial charge on any atom is -0.455 e. The van der Waals surface area contributed by atoms with Gasteiger partial charge in [-0.2, -0.15) is 0 Å². The van der Waals surface area contributed by atoms with Crippen molar-refractivity contribution in [3.8, 4) is 55.6 Å². The van der Waals surface area contributed by atoms with Crippen molar-refractivity contribution >= 4 is 60.9 Å². The summed E-state index contributed by atoms with van der Waals surface area (Å²) < 4.78 is 13.2. The van der Waals surface area contributed by atoms with Crippen LogP contribution in [-0.4, -0.2) is 0 Å². The quantitative estimate of drug-likeness (QED) is 0.153. The van der Waals surface area contributed by atoms with Crippen LogP contribution in [0.2, 0.25) is 0 Å². The van der Waals surface area contributed by atoms with Crippen LogP contribution < -0.4 is 4.90 Å². The molecule has 0 atom stereocenters. The third kappa shape index (κ3) is 6.46. The van der Waals surface area contributed by atoms with Crippen LogP contribution in [0, 0.1) is 0 Å². The van der Waals surface area contributed by atoms with Crippen LogP contribution in [0.3, 0.4) is 0 Å². The van der Waals surface area contributed by atoms with Gasteiger partial charge in [0.25, 0.3) is 0 Å². The highest BCUT2D eigenvalue weighted by molar-refractivity contribution is 6.11. The van der Waals surface area contributed by atoms with Gasteiger partial charge in [0.05, 0.1) is 0 Å². The van der Waals surface area contributed by atoms with E-state index in [1.165, 1.54) is 22.3 Å². The summed E-state index contributed by atoms with van der Waals surface area (Å²) in [7, 11) is 0. The molecule has 0 aliphatic rings. The summed E-state index contributed by atoms with van der Waals surface area (Å²) in [5, 5.41) is 4.45. The van der Waals surface area contributed by atoms with E-state index in [1.54, 1.807) is 0 Å². The fraction of sp³-hybridized carbons (Fsp3) is 0. The van der Waals surface area contributed by atoms with Gasteiger partial charge in [0.1, 0.15) is 22.3 Å². The third-order valence-corrected chi connectivity index (χ3v) is 12.3. The Kier molecular flexibility index (Phi) is 8.83. The fourth-order valence-electron chi connectivity index (χ4n) is 9.25. The lowest BCUT2D eigenvalue weighted by Crippen LogP contribution is -2.10. The number of rotatable bonds is 8. The van der Waals surface area contributed by atoms with Gasteiger partial charge in [0, 0.05) is 49.7 Å². The topological polar surface area (TPSA) is 29.5 Å². The lowest BCUT2D eigenvalue weighted by atomic mass is 9.91. The number of fused-ring (bicyclic) bond motifs is 6. The summed E-state index contributed by atoms with van der Waals surface area (Å²) in [5.41, 5.74) is 17.9. The van der Waals surface area contributed by atoms with Gasteiger partial charge in [-0.25, -0.2) is 0 Å². The van der Waals surface area contributed by atoms with Crippen LogP contribution in [0.1, 0.15) is 0 Å². The molecule has 0 radical (unpaired) electrons. The van der Waals surface area contributed by atoms with E-state index in [0.717, 1.165) is 94.3 Å². The zero-order valence-corrected chi connectivity index (χ0v) is 34.3. The molecule has 0 unspecified atom stereocenters. The lowest BCUT2D eigenvalue weighted by Gasteiger charge is -2.27. The van der Waals surface area contributed by atoms with Crippen LogP contribution in [0.4, 0.5) is 17.1 Å². The van der Waals surface area contributed by atoms with Gasteiger partial charge >= 0.3 is 0 Å². The molecule has 0 bridgehead atoms. The molecule has 12 aromatic rings. The molecule has 2 aromatic heterocycles. The van der Waals surface area contributed by atoms with E-state index in [0.29, 0.717) is 0 Å². The molecule has 2 heterocycles. The maximum Gasteiger partial charge on any atom is 0.143 e. The lowest BCUT2D eigenvalue weighted by molar-refractivity contribution is 0.669. The van der Waals surface area contributed by atoms with Gasteiger partial charge in [-0.15, -0.1) is 0 Å². The highest BCUT2D eigenvalue weighted by Crippen LogP contribution is 2.45. The molecule has 0 N–H and O–H groups in total. The fourth-order valence-corrected chi connectivity index (χ4v) is 9.25. The van der Waals surface area contributed by atoms with Crippen molar-refractivity contribution in [2.75, 3.05) is 4.90 Å². The number of hydrogen-bond acceptors (Lipinski definition) is 3. The van der Waals surface area contributed by atoms with E-state index in [9.17, 15) is 0 Å². The number of benzene rings is 10. The van der Waals surface area contributed by atoms with Crippen molar-refractivity contribution in [3.63, 3.8) is 0 Å².